The fourth-order valence-electron chi connectivity index (χ4n) is 2.05. The Balaban J connectivity index is 2.34. The lowest BCUT2D eigenvalue weighted by atomic mass is 10.0. The summed E-state index contributed by atoms with van der Waals surface area (Å²) >= 11 is 0. The van der Waals surface area contributed by atoms with Crippen LogP contribution in [0.3, 0.4) is 0 Å². The van der Waals surface area contributed by atoms with Gasteiger partial charge in [-0.05, 0) is 44.2 Å². The first-order valence-electron chi connectivity index (χ1n) is 5.71. The molecule has 4 nitrogen and oxygen atoms in total. The third-order valence-electron chi connectivity index (χ3n) is 2.95. The van der Waals surface area contributed by atoms with Crippen molar-refractivity contribution in [1.82, 2.24) is 0 Å². The van der Waals surface area contributed by atoms with E-state index < -0.39 is 5.63 Å². The van der Waals surface area contributed by atoms with Gasteiger partial charge in [-0.2, -0.15) is 0 Å². The average molecular weight is 243 g/mol. The van der Waals surface area contributed by atoms with Crippen LogP contribution in [0.25, 0.3) is 17.0 Å². The molecular formula is C14H13NO3. The van der Waals surface area contributed by atoms with Crippen LogP contribution in [0.1, 0.15) is 19.4 Å². The molecule has 0 saturated carbocycles. The minimum atomic E-state index is -0.519. The van der Waals surface area contributed by atoms with Gasteiger partial charge in [0.2, 0.25) is 0 Å². The van der Waals surface area contributed by atoms with Crippen LogP contribution in [0.4, 0.5) is 5.69 Å². The number of ether oxygens (including phenoxy) is 1. The summed E-state index contributed by atoms with van der Waals surface area (Å²) in [5.74, 6) is 0.711. The highest BCUT2D eigenvalue weighted by Gasteiger charge is 2.23. The molecule has 0 fully saturated rings. The zero-order valence-corrected chi connectivity index (χ0v) is 10.2. The quantitative estimate of drug-likeness (QED) is 0.722. The summed E-state index contributed by atoms with van der Waals surface area (Å²) in [6.45, 7) is 3.94. The van der Waals surface area contributed by atoms with E-state index in [9.17, 15) is 4.79 Å². The summed E-state index contributed by atoms with van der Waals surface area (Å²) < 4.78 is 11.1. The van der Waals surface area contributed by atoms with Crippen molar-refractivity contribution in [3.63, 3.8) is 0 Å². The normalized spacial score (nSPS) is 16.3. The minimum Gasteiger partial charge on any atom is -0.483 e. The van der Waals surface area contributed by atoms with Crippen LogP contribution in [0.5, 0.6) is 5.75 Å². The Morgan fingerprint density at radius 3 is 2.83 bits per heavy atom. The molecule has 92 valence electrons. The first-order valence-corrected chi connectivity index (χ1v) is 5.71. The highest BCUT2D eigenvalue weighted by atomic mass is 16.5. The Hall–Kier alpha value is -2.23. The maximum absolute atomic E-state index is 11.5. The van der Waals surface area contributed by atoms with Crippen LogP contribution in [0.15, 0.2) is 33.5 Å². The lowest BCUT2D eigenvalue weighted by molar-refractivity contribution is 0.159. The molecule has 2 heterocycles. The van der Waals surface area contributed by atoms with E-state index in [0.29, 0.717) is 11.3 Å². The summed E-state index contributed by atoms with van der Waals surface area (Å²) in [6, 6.07) is 5.32. The summed E-state index contributed by atoms with van der Waals surface area (Å²) in [5, 5.41) is 0.791. The van der Waals surface area contributed by atoms with Crippen molar-refractivity contribution < 1.29 is 9.15 Å². The Labute approximate surface area is 104 Å². The molecule has 18 heavy (non-hydrogen) atoms. The van der Waals surface area contributed by atoms with Gasteiger partial charge < -0.3 is 14.9 Å². The lowest BCUT2D eigenvalue weighted by Crippen LogP contribution is -2.27. The van der Waals surface area contributed by atoms with Crippen molar-refractivity contribution in [2.75, 3.05) is 5.73 Å². The second kappa shape index (κ2) is 3.38. The van der Waals surface area contributed by atoms with Gasteiger partial charge in [-0.1, -0.05) is 0 Å². The first-order chi connectivity index (χ1) is 8.46. The third kappa shape index (κ3) is 1.57. The predicted octanol–water partition coefficient (Wildman–Crippen LogP) is 2.56. The minimum absolute atomic E-state index is 0.114. The van der Waals surface area contributed by atoms with Crippen LogP contribution in [0.2, 0.25) is 0 Å². The molecule has 1 aromatic heterocycles. The fraction of sp³-hybridized carbons (Fsp3) is 0.214. The predicted molar refractivity (Wildman–Crippen MR) is 70.6 cm³/mol. The van der Waals surface area contributed by atoms with Crippen LogP contribution in [-0.4, -0.2) is 5.60 Å². The topological polar surface area (TPSA) is 65.5 Å². The number of nitrogens with two attached hydrogens (primary N) is 1. The molecule has 1 aliphatic heterocycles. The summed E-state index contributed by atoms with van der Waals surface area (Å²) in [5.41, 5.74) is 6.09. The molecular weight excluding hydrogens is 230 g/mol. The van der Waals surface area contributed by atoms with E-state index in [4.69, 9.17) is 14.9 Å². The van der Waals surface area contributed by atoms with Gasteiger partial charge in [-0.25, -0.2) is 4.79 Å². The van der Waals surface area contributed by atoms with Crippen LogP contribution in [0, 0.1) is 0 Å². The van der Waals surface area contributed by atoms with Crippen molar-refractivity contribution >= 4 is 22.7 Å². The molecule has 4 heteroatoms. The molecule has 0 unspecified atom stereocenters. The van der Waals surface area contributed by atoms with Gasteiger partial charge in [-0.15, -0.1) is 0 Å². The monoisotopic (exact) mass is 243 g/mol. The molecule has 0 amide bonds. The molecule has 2 aromatic rings. The van der Waals surface area contributed by atoms with E-state index in [1.807, 2.05) is 38.1 Å². The van der Waals surface area contributed by atoms with Crippen molar-refractivity contribution in [2.24, 2.45) is 0 Å². The smallest absolute Gasteiger partial charge is 0.359 e. The zero-order chi connectivity index (χ0) is 12.9. The standard InChI is InChI=1S/C14H13NO3/c1-14(2)6-5-9-11(18-14)4-3-8-7-10(15)13(16)17-12(8)9/h3-7H,15H2,1-2H3. The molecule has 0 bridgehead atoms. The Kier molecular flexibility index (Phi) is 2.05. The van der Waals surface area contributed by atoms with Crippen molar-refractivity contribution in [3.8, 4) is 5.75 Å². The fourth-order valence-corrected chi connectivity index (χ4v) is 2.05. The number of benzene rings is 1. The molecule has 3 rings (SSSR count). The van der Waals surface area contributed by atoms with Gasteiger partial charge in [0.05, 0.1) is 5.56 Å². The highest BCUT2D eigenvalue weighted by Crippen LogP contribution is 2.35. The molecule has 0 radical (unpaired) electrons. The number of anilines is 1. The van der Waals surface area contributed by atoms with Gasteiger partial charge in [0, 0.05) is 5.39 Å². The molecule has 2 N–H and O–H groups in total. The molecule has 0 saturated heterocycles. The SMILES string of the molecule is CC1(C)C=Cc2c(ccc3cc(N)c(=O)oc23)O1. The van der Waals surface area contributed by atoms with Gasteiger partial charge in [0.1, 0.15) is 22.6 Å². The number of rotatable bonds is 0. The Bertz CT molecular complexity index is 726. The molecule has 0 spiro atoms. The molecule has 1 aliphatic rings. The summed E-state index contributed by atoms with van der Waals surface area (Å²) in [4.78, 5) is 11.5. The highest BCUT2D eigenvalue weighted by molar-refractivity contribution is 5.90. The van der Waals surface area contributed by atoms with Crippen molar-refractivity contribution in [2.45, 2.75) is 19.4 Å². The van der Waals surface area contributed by atoms with E-state index >= 15 is 0 Å². The summed E-state index contributed by atoms with van der Waals surface area (Å²) in [7, 11) is 0. The average Bonchev–Trinajstić information content (AvgIpc) is 2.29. The summed E-state index contributed by atoms with van der Waals surface area (Å²) in [6.07, 6.45) is 3.85. The van der Waals surface area contributed by atoms with E-state index in [2.05, 4.69) is 0 Å². The lowest BCUT2D eigenvalue weighted by Gasteiger charge is -2.27. The van der Waals surface area contributed by atoms with E-state index in [1.54, 1.807) is 6.07 Å². The van der Waals surface area contributed by atoms with Gasteiger partial charge in [0.25, 0.3) is 0 Å². The van der Waals surface area contributed by atoms with E-state index in [1.165, 1.54) is 0 Å². The Morgan fingerprint density at radius 1 is 1.28 bits per heavy atom. The molecule has 0 atom stereocenters. The number of hydrogen-bond acceptors (Lipinski definition) is 4. The molecule has 1 aromatic carbocycles. The number of fused-ring (bicyclic) bond motifs is 3. The molecule has 0 aliphatic carbocycles. The second-order valence-electron chi connectivity index (χ2n) is 4.92. The zero-order valence-electron chi connectivity index (χ0n) is 10.2. The van der Waals surface area contributed by atoms with Crippen molar-refractivity contribution in [3.05, 3.63) is 40.3 Å². The largest absolute Gasteiger partial charge is 0.483 e. The van der Waals surface area contributed by atoms with Crippen LogP contribution < -0.4 is 16.1 Å². The first kappa shape index (κ1) is 10.9. The maximum atomic E-state index is 11.5. The Morgan fingerprint density at radius 2 is 2.06 bits per heavy atom. The maximum Gasteiger partial charge on any atom is 0.359 e. The third-order valence-corrected chi connectivity index (χ3v) is 2.95. The second-order valence-corrected chi connectivity index (χ2v) is 4.92. The number of nitrogen functional groups attached to an aromatic ring is 1. The van der Waals surface area contributed by atoms with Crippen LogP contribution in [-0.2, 0) is 0 Å². The number of hydrogen-bond donors (Lipinski definition) is 1. The van der Waals surface area contributed by atoms with Gasteiger partial charge in [-0.3, -0.25) is 0 Å². The van der Waals surface area contributed by atoms with E-state index in [-0.39, 0.29) is 11.3 Å². The van der Waals surface area contributed by atoms with Crippen molar-refractivity contribution in [1.29, 1.82) is 0 Å². The van der Waals surface area contributed by atoms with Crippen LogP contribution >= 0.6 is 0 Å². The van der Waals surface area contributed by atoms with Gasteiger partial charge in [0.15, 0.2) is 0 Å². The van der Waals surface area contributed by atoms with Gasteiger partial charge >= 0.3 is 5.63 Å². The van der Waals surface area contributed by atoms with E-state index in [0.717, 1.165) is 10.9 Å².